The van der Waals surface area contributed by atoms with Gasteiger partial charge in [-0.2, -0.15) is 11.3 Å². The molecule has 0 saturated carbocycles. The van der Waals surface area contributed by atoms with Gasteiger partial charge in [-0.15, -0.1) is 0 Å². The van der Waals surface area contributed by atoms with E-state index in [1.54, 1.807) is 18.4 Å². The van der Waals surface area contributed by atoms with Crippen LogP contribution in [0.5, 0.6) is 0 Å². The standard InChI is InChI=1S/C16H26N2O2S/c1-5-11(2)14-16(19)18(12(3)6-8-20-4)15(17-14)13-7-9-21-10-13/h7,9-12,14-15,17H,5-6,8H2,1-4H3. The molecule has 4 atom stereocenters. The summed E-state index contributed by atoms with van der Waals surface area (Å²) in [6.07, 6.45) is 1.85. The quantitative estimate of drug-likeness (QED) is 0.842. The molecule has 0 radical (unpaired) electrons. The Kier molecular flexibility index (Phi) is 5.79. The van der Waals surface area contributed by atoms with E-state index in [2.05, 4.69) is 42.9 Å². The number of thiophene rings is 1. The summed E-state index contributed by atoms with van der Waals surface area (Å²) in [6, 6.07) is 2.19. The number of ether oxygens (including phenoxy) is 1. The van der Waals surface area contributed by atoms with Crippen molar-refractivity contribution in [3.05, 3.63) is 22.4 Å². The van der Waals surface area contributed by atoms with Gasteiger partial charge in [0.05, 0.1) is 6.04 Å². The highest BCUT2D eigenvalue weighted by atomic mass is 32.1. The fourth-order valence-corrected chi connectivity index (χ4v) is 3.52. The Hall–Kier alpha value is -0.910. The summed E-state index contributed by atoms with van der Waals surface area (Å²) >= 11 is 1.67. The maximum Gasteiger partial charge on any atom is 0.241 e. The Balaban J connectivity index is 2.21. The van der Waals surface area contributed by atoms with Gasteiger partial charge in [0.15, 0.2) is 0 Å². The van der Waals surface area contributed by atoms with Crippen LogP contribution in [0.15, 0.2) is 16.8 Å². The van der Waals surface area contributed by atoms with Gasteiger partial charge in [-0.1, -0.05) is 20.3 Å². The lowest BCUT2D eigenvalue weighted by atomic mass is 9.99. The van der Waals surface area contributed by atoms with Gasteiger partial charge in [-0.3, -0.25) is 10.1 Å². The molecule has 0 aromatic carbocycles. The van der Waals surface area contributed by atoms with Gasteiger partial charge in [-0.05, 0) is 41.7 Å². The number of amides is 1. The van der Waals surface area contributed by atoms with Crippen molar-refractivity contribution in [1.29, 1.82) is 0 Å². The normalized spacial score (nSPS) is 25.3. The van der Waals surface area contributed by atoms with Crippen LogP contribution in [0.1, 0.15) is 45.3 Å². The molecule has 21 heavy (non-hydrogen) atoms. The molecule has 1 aliphatic heterocycles. The molecule has 0 bridgehead atoms. The maximum atomic E-state index is 12.8. The minimum atomic E-state index is -0.0788. The summed E-state index contributed by atoms with van der Waals surface area (Å²) in [6.45, 7) is 7.06. The summed E-state index contributed by atoms with van der Waals surface area (Å²) in [5.41, 5.74) is 1.18. The van der Waals surface area contributed by atoms with Gasteiger partial charge < -0.3 is 9.64 Å². The number of methoxy groups -OCH3 is 1. The van der Waals surface area contributed by atoms with Crippen LogP contribution in [0.25, 0.3) is 0 Å². The van der Waals surface area contributed by atoms with Crippen LogP contribution in [0.4, 0.5) is 0 Å². The van der Waals surface area contributed by atoms with E-state index in [9.17, 15) is 4.79 Å². The molecule has 1 N–H and O–H groups in total. The van der Waals surface area contributed by atoms with E-state index >= 15 is 0 Å². The molecule has 1 aromatic rings. The maximum absolute atomic E-state index is 12.8. The molecule has 118 valence electrons. The number of nitrogens with one attached hydrogen (secondary N) is 1. The number of rotatable bonds is 7. The Labute approximate surface area is 131 Å². The highest BCUT2D eigenvalue weighted by Gasteiger charge is 2.43. The fourth-order valence-electron chi connectivity index (χ4n) is 2.84. The van der Waals surface area contributed by atoms with Crippen LogP contribution in [0.3, 0.4) is 0 Å². The number of hydrogen-bond acceptors (Lipinski definition) is 4. The number of carbonyl (C=O) groups is 1. The van der Waals surface area contributed by atoms with Crippen molar-refractivity contribution in [3.8, 4) is 0 Å². The largest absolute Gasteiger partial charge is 0.385 e. The molecular weight excluding hydrogens is 284 g/mol. The second-order valence-electron chi connectivity index (χ2n) is 5.87. The highest BCUT2D eigenvalue weighted by Crippen LogP contribution is 2.32. The average molecular weight is 310 g/mol. The summed E-state index contributed by atoms with van der Waals surface area (Å²) in [7, 11) is 1.70. The Morgan fingerprint density at radius 1 is 1.48 bits per heavy atom. The molecule has 4 nitrogen and oxygen atoms in total. The first-order valence-electron chi connectivity index (χ1n) is 7.69. The van der Waals surface area contributed by atoms with E-state index in [0.717, 1.165) is 12.8 Å². The van der Waals surface area contributed by atoms with E-state index < -0.39 is 0 Å². The molecular formula is C16H26N2O2S. The van der Waals surface area contributed by atoms with Crippen LogP contribution >= 0.6 is 11.3 Å². The molecule has 1 aliphatic rings. The number of carbonyl (C=O) groups excluding carboxylic acids is 1. The van der Waals surface area contributed by atoms with Gasteiger partial charge in [0.2, 0.25) is 5.91 Å². The van der Waals surface area contributed by atoms with Gasteiger partial charge in [0, 0.05) is 19.8 Å². The predicted octanol–water partition coefficient (Wildman–Crippen LogP) is 3.02. The highest BCUT2D eigenvalue weighted by molar-refractivity contribution is 7.07. The van der Waals surface area contributed by atoms with Crippen LogP contribution in [0.2, 0.25) is 0 Å². The number of hydrogen-bond donors (Lipinski definition) is 1. The van der Waals surface area contributed by atoms with Crippen molar-refractivity contribution in [2.45, 2.75) is 51.9 Å². The third-order valence-corrected chi connectivity index (χ3v) is 5.12. The summed E-state index contributed by atoms with van der Waals surface area (Å²) in [5.74, 6) is 0.572. The molecule has 2 heterocycles. The monoisotopic (exact) mass is 310 g/mol. The SMILES string of the molecule is CCC(C)C1NC(c2ccsc2)N(C(C)CCOC)C1=O. The molecule has 1 fully saturated rings. The first-order chi connectivity index (χ1) is 10.1. The van der Waals surface area contributed by atoms with Gasteiger partial charge in [0.1, 0.15) is 6.17 Å². The molecule has 1 saturated heterocycles. The predicted molar refractivity (Wildman–Crippen MR) is 86.2 cm³/mol. The molecule has 1 amide bonds. The zero-order valence-electron chi connectivity index (χ0n) is 13.3. The van der Waals surface area contributed by atoms with Crippen molar-refractivity contribution in [2.75, 3.05) is 13.7 Å². The van der Waals surface area contributed by atoms with E-state index in [-0.39, 0.29) is 24.2 Å². The summed E-state index contributed by atoms with van der Waals surface area (Å²) < 4.78 is 5.17. The summed E-state index contributed by atoms with van der Waals surface area (Å²) in [5, 5.41) is 7.73. The van der Waals surface area contributed by atoms with Gasteiger partial charge in [-0.25, -0.2) is 0 Å². The zero-order chi connectivity index (χ0) is 15.4. The first kappa shape index (κ1) is 16.5. The van der Waals surface area contributed by atoms with Gasteiger partial charge >= 0.3 is 0 Å². The van der Waals surface area contributed by atoms with Crippen molar-refractivity contribution in [2.24, 2.45) is 5.92 Å². The second kappa shape index (κ2) is 7.38. The van der Waals surface area contributed by atoms with Crippen molar-refractivity contribution < 1.29 is 9.53 Å². The third-order valence-electron chi connectivity index (χ3n) is 4.42. The van der Waals surface area contributed by atoms with Crippen LogP contribution in [-0.4, -0.2) is 36.6 Å². The average Bonchev–Trinajstić information content (AvgIpc) is 3.11. The first-order valence-corrected chi connectivity index (χ1v) is 8.63. The second-order valence-corrected chi connectivity index (χ2v) is 6.65. The molecule has 0 aliphatic carbocycles. The van der Waals surface area contributed by atoms with Crippen LogP contribution in [0, 0.1) is 5.92 Å². The lowest BCUT2D eigenvalue weighted by Crippen LogP contribution is -2.40. The van der Waals surface area contributed by atoms with Crippen LogP contribution in [-0.2, 0) is 9.53 Å². The third kappa shape index (κ3) is 3.47. The lowest BCUT2D eigenvalue weighted by Gasteiger charge is -2.30. The zero-order valence-corrected chi connectivity index (χ0v) is 14.2. The molecule has 4 unspecified atom stereocenters. The fraction of sp³-hybridized carbons (Fsp3) is 0.688. The van der Waals surface area contributed by atoms with E-state index in [1.807, 2.05) is 4.90 Å². The van der Waals surface area contributed by atoms with Crippen molar-refractivity contribution >= 4 is 17.2 Å². The molecule has 1 aromatic heterocycles. The molecule has 2 rings (SSSR count). The Bertz CT molecular complexity index is 449. The van der Waals surface area contributed by atoms with E-state index in [4.69, 9.17) is 4.74 Å². The Morgan fingerprint density at radius 3 is 2.81 bits per heavy atom. The minimum Gasteiger partial charge on any atom is -0.385 e. The van der Waals surface area contributed by atoms with Gasteiger partial charge in [0.25, 0.3) is 0 Å². The lowest BCUT2D eigenvalue weighted by molar-refractivity contribution is -0.133. The molecule has 0 spiro atoms. The minimum absolute atomic E-state index is 0.00499. The Morgan fingerprint density at radius 2 is 2.24 bits per heavy atom. The van der Waals surface area contributed by atoms with Crippen molar-refractivity contribution in [3.63, 3.8) is 0 Å². The van der Waals surface area contributed by atoms with Crippen LogP contribution < -0.4 is 5.32 Å². The smallest absolute Gasteiger partial charge is 0.241 e. The van der Waals surface area contributed by atoms with E-state index in [0.29, 0.717) is 12.5 Å². The number of nitrogens with zero attached hydrogens (tertiary/aromatic N) is 1. The summed E-state index contributed by atoms with van der Waals surface area (Å²) in [4.78, 5) is 14.9. The molecule has 5 heteroatoms. The topological polar surface area (TPSA) is 41.6 Å². The van der Waals surface area contributed by atoms with E-state index in [1.165, 1.54) is 5.56 Å². The van der Waals surface area contributed by atoms with Crippen molar-refractivity contribution in [1.82, 2.24) is 10.2 Å².